The number of aryl methyl sites for hydroxylation is 1. The Morgan fingerprint density at radius 3 is 2.56 bits per heavy atom. The highest BCUT2D eigenvalue weighted by Crippen LogP contribution is 2.27. The molecule has 18 heavy (non-hydrogen) atoms. The van der Waals surface area contributed by atoms with Crippen molar-refractivity contribution in [1.82, 2.24) is 5.32 Å². The first kappa shape index (κ1) is 13.4. The Morgan fingerprint density at radius 1 is 1.33 bits per heavy atom. The lowest BCUT2D eigenvalue weighted by molar-refractivity contribution is 0.210. The molecule has 3 heteroatoms. The predicted molar refractivity (Wildman–Crippen MR) is 76.1 cm³/mol. The van der Waals surface area contributed by atoms with Crippen molar-refractivity contribution in [3.05, 3.63) is 29.8 Å². The van der Waals surface area contributed by atoms with E-state index >= 15 is 0 Å². The smallest absolute Gasteiger partial charge is 0.0601 e. The molecule has 0 amide bonds. The first-order chi connectivity index (χ1) is 8.56. The summed E-state index contributed by atoms with van der Waals surface area (Å²) in [4.78, 5) is 2.39. The van der Waals surface area contributed by atoms with Gasteiger partial charge < -0.3 is 15.3 Å². The number of rotatable bonds is 3. The predicted octanol–water partition coefficient (Wildman–Crippen LogP) is 1.80. The van der Waals surface area contributed by atoms with E-state index < -0.39 is 0 Å². The van der Waals surface area contributed by atoms with Crippen LogP contribution < -0.4 is 10.2 Å². The standard InChI is InChI=1S/C15H24N2O/c1-4-12-5-7-14(8-6-12)17-9-13(10-18)16-11-15(17,2)3/h5-8,13,16,18H,4,9-11H2,1-3H3. The molecule has 1 saturated heterocycles. The molecule has 1 aliphatic rings. The van der Waals surface area contributed by atoms with Crippen LogP contribution in [0, 0.1) is 0 Å². The molecule has 0 radical (unpaired) electrons. The van der Waals surface area contributed by atoms with Crippen LogP contribution in [-0.4, -0.2) is 36.4 Å². The van der Waals surface area contributed by atoms with Crippen LogP contribution in [0.1, 0.15) is 26.3 Å². The first-order valence-corrected chi connectivity index (χ1v) is 6.77. The average Bonchev–Trinajstić information content (AvgIpc) is 2.39. The third-order valence-electron chi connectivity index (χ3n) is 3.83. The second kappa shape index (κ2) is 5.29. The zero-order chi connectivity index (χ0) is 13.2. The number of hydrogen-bond donors (Lipinski definition) is 2. The van der Waals surface area contributed by atoms with Gasteiger partial charge in [-0.15, -0.1) is 0 Å². The number of benzene rings is 1. The molecule has 2 rings (SSSR count). The van der Waals surface area contributed by atoms with Crippen LogP contribution >= 0.6 is 0 Å². The summed E-state index contributed by atoms with van der Waals surface area (Å²) in [6.45, 7) is 8.59. The second-order valence-corrected chi connectivity index (χ2v) is 5.70. The number of nitrogens with one attached hydrogen (secondary N) is 1. The second-order valence-electron chi connectivity index (χ2n) is 5.70. The van der Waals surface area contributed by atoms with E-state index in [1.807, 2.05) is 0 Å². The van der Waals surface area contributed by atoms with Crippen molar-refractivity contribution in [2.75, 3.05) is 24.6 Å². The molecule has 3 nitrogen and oxygen atoms in total. The number of aliphatic hydroxyl groups is 1. The molecule has 1 aromatic carbocycles. The lowest BCUT2D eigenvalue weighted by atomic mass is 9.96. The summed E-state index contributed by atoms with van der Waals surface area (Å²) in [5.41, 5.74) is 2.70. The van der Waals surface area contributed by atoms with E-state index in [0.717, 1.165) is 19.5 Å². The zero-order valence-corrected chi connectivity index (χ0v) is 11.6. The molecule has 100 valence electrons. The van der Waals surface area contributed by atoms with E-state index in [4.69, 9.17) is 0 Å². The minimum Gasteiger partial charge on any atom is -0.395 e. The molecule has 0 saturated carbocycles. The van der Waals surface area contributed by atoms with Gasteiger partial charge in [0, 0.05) is 30.4 Å². The molecule has 0 aromatic heterocycles. The van der Waals surface area contributed by atoms with Crippen molar-refractivity contribution in [3.8, 4) is 0 Å². The molecular weight excluding hydrogens is 224 g/mol. The molecule has 1 atom stereocenters. The van der Waals surface area contributed by atoms with Crippen molar-refractivity contribution in [2.45, 2.75) is 38.8 Å². The third kappa shape index (κ3) is 2.68. The van der Waals surface area contributed by atoms with Crippen molar-refractivity contribution in [1.29, 1.82) is 0 Å². The molecular formula is C15H24N2O. The SMILES string of the molecule is CCc1ccc(N2CC(CO)NCC2(C)C)cc1. The van der Waals surface area contributed by atoms with Gasteiger partial charge in [0.05, 0.1) is 6.61 Å². The Morgan fingerprint density at radius 2 is 2.00 bits per heavy atom. The summed E-state index contributed by atoms with van der Waals surface area (Å²) in [7, 11) is 0. The number of aliphatic hydroxyl groups excluding tert-OH is 1. The van der Waals surface area contributed by atoms with Gasteiger partial charge in [0.15, 0.2) is 0 Å². The highest BCUT2D eigenvalue weighted by atomic mass is 16.3. The van der Waals surface area contributed by atoms with Crippen LogP contribution in [0.15, 0.2) is 24.3 Å². The number of nitrogens with zero attached hydrogens (tertiary/aromatic N) is 1. The van der Waals surface area contributed by atoms with Gasteiger partial charge in [-0.25, -0.2) is 0 Å². The van der Waals surface area contributed by atoms with Crippen LogP contribution in [0.4, 0.5) is 5.69 Å². The highest BCUT2D eigenvalue weighted by Gasteiger charge is 2.33. The maximum absolute atomic E-state index is 9.32. The fourth-order valence-corrected chi connectivity index (χ4v) is 2.51. The van der Waals surface area contributed by atoms with Crippen LogP contribution in [-0.2, 0) is 6.42 Å². The van der Waals surface area contributed by atoms with E-state index in [1.54, 1.807) is 0 Å². The van der Waals surface area contributed by atoms with Gasteiger partial charge >= 0.3 is 0 Å². The van der Waals surface area contributed by atoms with E-state index in [0.29, 0.717) is 0 Å². The average molecular weight is 248 g/mol. The molecule has 2 N–H and O–H groups in total. The van der Waals surface area contributed by atoms with Crippen molar-refractivity contribution in [2.24, 2.45) is 0 Å². The topological polar surface area (TPSA) is 35.5 Å². The Labute approximate surface area is 110 Å². The number of hydrogen-bond acceptors (Lipinski definition) is 3. The summed E-state index contributed by atoms with van der Waals surface area (Å²) < 4.78 is 0. The van der Waals surface area contributed by atoms with E-state index in [2.05, 4.69) is 55.3 Å². The van der Waals surface area contributed by atoms with Gasteiger partial charge in [-0.2, -0.15) is 0 Å². The molecule has 1 heterocycles. The highest BCUT2D eigenvalue weighted by molar-refractivity contribution is 5.51. The number of anilines is 1. The molecule has 0 bridgehead atoms. The minimum absolute atomic E-state index is 0.0827. The third-order valence-corrected chi connectivity index (χ3v) is 3.83. The Kier molecular flexibility index (Phi) is 3.93. The summed E-state index contributed by atoms with van der Waals surface area (Å²) in [5.74, 6) is 0. The Balaban J connectivity index is 2.21. The molecule has 1 unspecified atom stereocenters. The molecule has 1 aromatic rings. The molecule has 1 aliphatic heterocycles. The maximum Gasteiger partial charge on any atom is 0.0601 e. The lowest BCUT2D eigenvalue weighted by Gasteiger charge is -2.47. The minimum atomic E-state index is 0.0827. The van der Waals surface area contributed by atoms with E-state index in [1.165, 1.54) is 11.3 Å². The molecule has 0 aliphatic carbocycles. The van der Waals surface area contributed by atoms with Crippen molar-refractivity contribution >= 4 is 5.69 Å². The van der Waals surface area contributed by atoms with Gasteiger partial charge in [-0.3, -0.25) is 0 Å². The maximum atomic E-state index is 9.32. The van der Waals surface area contributed by atoms with Gasteiger partial charge in [0.25, 0.3) is 0 Å². The quantitative estimate of drug-likeness (QED) is 0.856. The normalized spacial score (nSPS) is 23.1. The lowest BCUT2D eigenvalue weighted by Crippen LogP contribution is -2.63. The van der Waals surface area contributed by atoms with E-state index in [-0.39, 0.29) is 18.2 Å². The molecule has 0 spiro atoms. The van der Waals surface area contributed by atoms with Crippen LogP contribution in [0.3, 0.4) is 0 Å². The summed E-state index contributed by atoms with van der Waals surface area (Å²) >= 11 is 0. The molecule has 1 fully saturated rings. The zero-order valence-electron chi connectivity index (χ0n) is 11.6. The van der Waals surface area contributed by atoms with Gasteiger partial charge in [0.2, 0.25) is 0 Å². The van der Waals surface area contributed by atoms with Crippen molar-refractivity contribution in [3.63, 3.8) is 0 Å². The van der Waals surface area contributed by atoms with Gasteiger partial charge in [-0.1, -0.05) is 19.1 Å². The summed E-state index contributed by atoms with van der Waals surface area (Å²) in [6.07, 6.45) is 1.07. The monoisotopic (exact) mass is 248 g/mol. The fourth-order valence-electron chi connectivity index (χ4n) is 2.51. The van der Waals surface area contributed by atoms with E-state index in [9.17, 15) is 5.11 Å². The van der Waals surface area contributed by atoms with Crippen molar-refractivity contribution < 1.29 is 5.11 Å². The first-order valence-electron chi connectivity index (χ1n) is 6.77. The van der Waals surface area contributed by atoms with Gasteiger partial charge in [0.1, 0.15) is 0 Å². The summed E-state index contributed by atoms with van der Waals surface area (Å²) in [6, 6.07) is 8.95. The fraction of sp³-hybridized carbons (Fsp3) is 0.600. The van der Waals surface area contributed by atoms with Crippen LogP contribution in [0.25, 0.3) is 0 Å². The Hall–Kier alpha value is -1.06. The van der Waals surface area contributed by atoms with Gasteiger partial charge in [-0.05, 0) is 38.0 Å². The Bertz CT molecular complexity index is 386. The summed E-state index contributed by atoms with van der Waals surface area (Å²) in [5, 5.41) is 12.7. The van der Waals surface area contributed by atoms with Crippen LogP contribution in [0.5, 0.6) is 0 Å². The van der Waals surface area contributed by atoms with Crippen LogP contribution in [0.2, 0.25) is 0 Å². The number of piperazine rings is 1. The largest absolute Gasteiger partial charge is 0.395 e.